The van der Waals surface area contributed by atoms with Crippen LogP contribution in [0.2, 0.25) is 0 Å². The molecule has 0 N–H and O–H groups in total. The van der Waals surface area contributed by atoms with Crippen LogP contribution in [0.1, 0.15) is 47.2 Å². The Kier molecular flexibility index (Phi) is 8.49. The fraction of sp³-hybridized carbons (Fsp3) is 0.0645. The minimum Gasteiger partial charge on any atom is -0.310 e. The van der Waals surface area contributed by atoms with E-state index in [-0.39, 0.29) is 5.41 Å². The first-order valence-electron chi connectivity index (χ1n) is 22.1. The first-order chi connectivity index (χ1) is 31.0. The largest absolute Gasteiger partial charge is 0.310 e. The highest BCUT2D eigenvalue weighted by atomic mass is 15.1. The molecule has 1 unspecified atom stereocenters. The molecule has 0 heterocycles. The van der Waals surface area contributed by atoms with Crippen molar-refractivity contribution in [3.8, 4) is 44.5 Å². The normalized spacial score (nSPS) is 15.3. The molecule has 1 atom stereocenters. The van der Waals surface area contributed by atoms with Crippen LogP contribution in [0.5, 0.6) is 0 Å². The molecule has 0 spiro atoms. The van der Waals surface area contributed by atoms with Crippen molar-refractivity contribution in [2.45, 2.75) is 24.7 Å². The maximum atomic E-state index is 2.54. The number of anilines is 3. The van der Waals surface area contributed by atoms with E-state index in [1.54, 1.807) is 0 Å². The summed E-state index contributed by atoms with van der Waals surface area (Å²) >= 11 is 0. The molecule has 2 aliphatic rings. The van der Waals surface area contributed by atoms with Gasteiger partial charge in [-0.05, 0) is 119 Å². The van der Waals surface area contributed by atoms with Gasteiger partial charge in [-0.1, -0.05) is 214 Å². The summed E-state index contributed by atoms with van der Waals surface area (Å²) in [4.78, 5) is 2.54. The second-order valence-corrected chi connectivity index (χ2v) is 17.6. The molecule has 0 aromatic heterocycles. The fourth-order valence-corrected chi connectivity index (χ4v) is 11.1. The van der Waals surface area contributed by atoms with Crippen molar-refractivity contribution < 1.29 is 0 Å². The van der Waals surface area contributed by atoms with Crippen molar-refractivity contribution in [1.82, 2.24) is 0 Å². The summed E-state index contributed by atoms with van der Waals surface area (Å²) in [6, 6.07) is 88.0. The van der Waals surface area contributed by atoms with E-state index in [0.717, 1.165) is 17.1 Å². The summed E-state index contributed by atoms with van der Waals surface area (Å²) in [6.07, 6.45) is 0. The van der Waals surface area contributed by atoms with Gasteiger partial charge in [0.25, 0.3) is 0 Å². The standard InChI is InChI=1S/C62H45N/c1-61(2)55-30-16-14-27-51(55)53-37-35-48(40-57(53)61)63(59-32-18-29-50(43-20-6-3-7-21-43)60(59)44-22-8-4-9-23-44)49-36-38-54-52-28-15-17-31-56(52)62(58(54)41-49,46-25-10-5-11-26-46)47-34-33-42-19-12-13-24-45(42)39-47/h3-41H,1-2H3. The molecule has 0 bridgehead atoms. The summed E-state index contributed by atoms with van der Waals surface area (Å²) in [5.74, 6) is 0. The van der Waals surface area contributed by atoms with Gasteiger partial charge < -0.3 is 4.90 Å². The Bertz CT molecular complexity index is 3360. The third kappa shape index (κ3) is 5.63. The van der Waals surface area contributed by atoms with Crippen LogP contribution in [-0.4, -0.2) is 0 Å². The zero-order chi connectivity index (χ0) is 42.1. The van der Waals surface area contributed by atoms with Crippen molar-refractivity contribution in [2.75, 3.05) is 4.90 Å². The van der Waals surface area contributed by atoms with Crippen LogP contribution >= 0.6 is 0 Å². The summed E-state index contributed by atoms with van der Waals surface area (Å²) in [5.41, 5.74) is 20.4. The average molecular weight is 804 g/mol. The van der Waals surface area contributed by atoms with Crippen LogP contribution < -0.4 is 4.90 Å². The lowest BCUT2D eigenvalue weighted by atomic mass is 9.67. The molecule has 10 aromatic carbocycles. The molecule has 1 nitrogen and oxygen atoms in total. The zero-order valence-corrected chi connectivity index (χ0v) is 35.5. The first kappa shape index (κ1) is 37.1. The number of hydrogen-bond acceptors (Lipinski definition) is 1. The van der Waals surface area contributed by atoms with Gasteiger partial charge in [-0.25, -0.2) is 0 Å². The van der Waals surface area contributed by atoms with E-state index in [1.165, 1.54) is 88.7 Å². The number of nitrogens with zero attached hydrogens (tertiary/aromatic N) is 1. The molecule has 63 heavy (non-hydrogen) atoms. The summed E-state index contributed by atoms with van der Waals surface area (Å²) in [5, 5.41) is 2.48. The van der Waals surface area contributed by atoms with E-state index >= 15 is 0 Å². The number of rotatable bonds is 7. The lowest BCUT2D eigenvalue weighted by Gasteiger charge is -2.35. The topological polar surface area (TPSA) is 3.24 Å². The molecule has 0 amide bonds. The molecule has 0 radical (unpaired) electrons. The number of benzene rings is 10. The second-order valence-electron chi connectivity index (χ2n) is 17.6. The van der Waals surface area contributed by atoms with Gasteiger partial charge in [0.05, 0.1) is 11.1 Å². The Morgan fingerprint density at radius 1 is 0.317 bits per heavy atom. The quantitative estimate of drug-likeness (QED) is 0.155. The smallest absolute Gasteiger partial charge is 0.0714 e. The third-order valence-electron chi connectivity index (χ3n) is 13.9. The van der Waals surface area contributed by atoms with Gasteiger partial charge in [0.1, 0.15) is 0 Å². The molecule has 298 valence electrons. The number of hydrogen-bond donors (Lipinski definition) is 0. The van der Waals surface area contributed by atoms with Gasteiger partial charge in [0.2, 0.25) is 0 Å². The molecular weight excluding hydrogens is 759 g/mol. The summed E-state index contributed by atoms with van der Waals surface area (Å²) in [6.45, 7) is 4.75. The van der Waals surface area contributed by atoms with Crippen LogP contribution in [0, 0.1) is 0 Å². The SMILES string of the molecule is CC1(C)c2ccccc2-c2ccc(N(c3ccc4c(c3)C(c3ccccc3)(c3ccc5ccccc5c3)c3ccccc3-4)c3cccc(-c4ccccc4)c3-c3ccccc3)cc21. The minimum atomic E-state index is -0.575. The molecule has 0 saturated carbocycles. The highest BCUT2D eigenvalue weighted by Gasteiger charge is 2.46. The molecule has 12 rings (SSSR count). The van der Waals surface area contributed by atoms with E-state index in [2.05, 4.69) is 255 Å². The Balaban J connectivity index is 1.17. The Hall–Kier alpha value is -7.74. The maximum Gasteiger partial charge on any atom is 0.0714 e. The van der Waals surface area contributed by atoms with Gasteiger partial charge in [-0.2, -0.15) is 0 Å². The predicted octanol–water partition coefficient (Wildman–Crippen LogP) is 16.3. The molecule has 2 aliphatic carbocycles. The van der Waals surface area contributed by atoms with Crippen LogP contribution in [0.15, 0.2) is 237 Å². The molecule has 0 aliphatic heterocycles. The molecule has 10 aromatic rings. The van der Waals surface area contributed by atoms with E-state index < -0.39 is 5.41 Å². The van der Waals surface area contributed by atoms with E-state index in [0.29, 0.717) is 0 Å². The highest BCUT2D eigenvalue weighted by molar-refractivity contribution is 5.99. The van der Waals surface area contributed by atoms with E-state index in [1.807, 2.05) is 0 Å². The highest BCUT2D eigenvalue weighted by Crippen LogP contribution is 2.58. The third-order valence-corrected chi connectivity index (χ3v) is 13.9. The van der Waals surface area contributed by atoms with E-state index in [4.69, 9.17) is 0 Å². The monoisotopic (exact) mass is 803 g/mol. The van der Waals surface area contributed by atoms with Crippen molar-refractivity contribution >= 4 is 27.8 Å². The lowest BCUT2D eigenvalue weighted by molar-refractivity contribution is 0.660. The van der Waals surface area contributed by atoms with Gasteiger partial charge in [0.15, 0.2) is 0 Å². The van der Waals surface area contributed by atoms with Gasteiger partial charge in [-0.3, -0.25) is 0 Å². The van der Waals surface area contributed by atoms with E-state index in [9.17, 15) is 0 Å². The van der Waals surface area contributed by atoms with Gasteiger partial charge >= 0.3 is 0 Å². The average Bonchev–Trinajstić information content (AvgIpc) is 3.77. The van der Waals surface area contributed by atoms with Crippen molar-refractivity contribution in [3.63, 3.8) is 0 Å². The second kappa shape index (κ2) is 14.4. The van der Waals surface area contributed by atoms with Gasteiger partial charge in [-0.15, -0.1) is 0 Å². The molecule has 0 fully saturated rings. The Morgan fingerprint density at radius 2 is 0.841 bits per heavy atom. The summed E-state index contributed by atoms with van der Waals surface area (Å²) in [7, 11) is 0. The lowest BCUT2D eigenvalue weighted by Crippen LogP contribution is -2.28. The molecule has 0 saturated heterocycles. The Labute approximate surface area is 370 Å². The van der Waals surface area contributed by atoms with Crippen LogP contribution in [0.25, 0.3) is 55.3 Å². The minimum absolute atomic E-state index is 0.167. The van der Waals surface area contributed by atoms with Crippen LogP contribution in [0.4, 0.5) is 17.1 Å². The predicted molar refractivity (Wildman–Crippen MR) is 264 cm³/mol. The van der Waals surface area contributed by atoms with Crippen LogP contribution in [0.3, 0.4) is 0 Å². The van der Waals surface area contributed by atoms with Crippen LogP contribution in [-0.2, 0) is 10.8 Å². The molecular formula is C62H45N. The van der Waals surface area contributed by atoms with Gasteiger partial charge in [0, 0.05) is 22.4 Å². The molecule has 1 heteroatoms. The number of fused-ring (bicyclic) bond motifs is 7. The van der Waals surface area contributed by atoms with Crippen molar-refractivity contribution in [1.29, 1.82) is 0 Å². The first-order valence-corrected chi connectivity index (χ1v) is 22.1. The van der Waals surface area contributed by atoms with Crippen molar-refractivity contribution in [3.05, 3.63) is 270 Å². The Morgan fingerprint density at radius 3 is 1.56 bits per heavy atom. The summed E-state index contributed by atoms with van der Waals surface area (Å²) < 4.78 is 0. The fourth-order valence-electron chi connectivity index (χ4n) is 11.1. The maximum absolute atomic E-state index is 2.54. The zero-order valence-electron chi connectivity index (χ0n) is 35.5. The van der Waals surface area contributed by atoms with Crippen molar-refractivity contribution in [2.24, 2.45) is 0 Å².